The molecule has 0 spiro atoms. The van der Waals surface area contributed by atoms with Crippen LogP contribution in [-0.4, -0.2) is 56.6 Å². The summed E-state index contributed by atoms with van der Waals surface area (Å²) in [6.07, 6.45) is 5.23. The summed E-state index contributed by atoms with van der Waals surface area (Å²) in [5, 5.41) is 0. The standard InChI is InChI=1S/C14H31N3/c1-5-12-6-7-14(15)13(10-12)11-17(4)9-8-16(2)3/h12-14H,5-11,15H2,1-4H3. The average molecular weight is 241 g/mol. The van der Waals surface area contributed by atoms with E-state index in [1.165, 1.54) is 32.2 Å². The van der Waals surface area contributed by atoms with Crippen molar-refractivity contribution in [1.29, 1.82) is 0 Å². The highest BCUT2D eigenvalue weighted by Crippen LogP contribution is 2.30. The molecule has 1 saturated carbocycles. The summed E-state index contributed by atoms with van der Waals surface area (Å²) in [4.78, 5) is 4.69. The van der Waals surface area contributed by atoms with E-state index in [1.54, 1.807) is 0 Å². The van der Waals surface area contributed by atoms with Crippen molar-refractivity contribution in [2.45, 2.75) is 38.6 Å². The zero-order valence-electron chi connectivity index (χ0n) is 12.2. The van der Waals surface area contributed by atoms with Gasteiger partial charge in [0.25, 0.3) is 0 Å². The van der Waals surface area contributed by atoms with E-state index in [9.17, 15) is 0 Å². The van der Waals surface area contributed by atoms with Crippen molar-refractivity contribution in [2.75, 3.05) is 40.8 Å². The van der Waals surface area contributed by atoms with Crippen molar-refractivity contribution in [3.05, 3.63) is 0 Å². The van der Waals surface area contributed by atoms with Crippen molar-refractivity contribution in [3.8, 4) is 0 Å². The Bertz CT molecular complexity index is 206. The highest BCUT2D eigenvalue weighted by Gasteiger charge is 2.27. The zero-order chi connectivity index (χ0) is 12.8. The molecule has 3 nitrogen and oxygen atoms in total. The molecule has 1 aliphatic rings. The molecule has 1 rings (SSSR count). The molecule has 1 aliphatic carbocycles. The Morgan fingerprint density at radius 3 is 2.41 bits per heavy atom. The predicted octanol–water partition coefficient (Wildman–Crippen LogP) is 1.63. The maximum absolute atomic E-state index is 6.26. The van der Waals surface area contributed by atoms with Gasteiger partial charge in [0.2, 0.25) is 0 Å². The van der Waals surface area contributed by atoms with E-state index in [4.69, 9.17) is 5.73 Å². The molecule has 102 valence electrons. The van der Waals surface area contributed by atoms with Gasteiger partial charge in [-0.2, -0.15) is 0 Å². The van der Waals surface area contributed by atoms with Crippen LogP contribution in [0.5, 0.6) is 0 Å². The van der Waals surface area contributed by atoms with Crippen molar-refractivity contribution in [2.24, 2.45) is 17.6 Å². The Hall–Kier alpha value is -0.120. The van der Waals surface area contributed by atoms with Gasteiger partial charge in [0.05, 0.1) is 0 Å². The highest BCUT2D eigenvalue weighted by atomic mass is 15.1. The Morgan fingerprint density at radius 2 is 1.82 bits per heavy atom. The smallest absolute Gasteiger partial charge is 0.0106 e. The molecule has 0 aliphatic heterocycles. The first-order valence-electron chi connectivity index (χ1n) is 7.11. The largest absolute Gasteiger partial charge is 0.327 e. The summed E-state index contributed by atoms with van der Waals surface area (Å²) in [5.74, 6) is 1.63. The molecular weight excluding hydrogens is 210 g/mol. The molecule has 1 fully saturated rings. The lowest BCUT2D eigenvalue weighted by molar-refractivity contribution is 0.165. The number of nitrogens with zero attached hydrogens (tertiary/aromatic N) is 2. The molecule has 0 heterocycles. The summed E-state index contributed by atoms with van der Waals surface area (Å²) in [7, 11) is 6.49. The van der Waals surface area contributed by atoms with Crippen molar-refractivity contribution < 1.29 is 0 Å². The molecule has 0 aromatic rings. The van der Waals surface area contributed by atoms with E-state index < -0.39 is 0 Å². The third kappa shape index (κ3) is 5.36. The number of hydrogen-bond donors (Lipinski definition) is 1. The summed E-state index contributed by atoms with van der Waals surface area (Å²) >= 11 is 0. The molecule has 0 amide bonds. The van der Waals surface area contributed by atoms with Crippen molar-refractivity contribution >= 4 is 0 Å². The first-order chi connectivity index (χ1) is 8.02. The molecule has 3 unspecified atom stereocenters. The van der Waals surface area contributed by atoms with Gasteiger partial charge in [-0.25, -0.2) is 0 Å². The maximum atomic E-state index is 6.26. The fourth-order valence-corrected chi connectivity index (χ4v) is 2.83. The van der Waals surface area contributed by atoms with E-state index in [0.717, 1.165) is 19.0 Å². The minimum absolute atomic E-state index is 0.430. The van der Waals surface area contributed by atoms with Gasteiger partial charge in [0.1, 0.15) is 0 Å². The normalized spacial score (nSPS) is 30.2. The van der Waals surface area contributed by atoms with Gasteiger partial charge >= 0.3 is 0 Å². The van der Waals surface area contributed by atoms with Crippen LogP contribution in [0.4, 0.5) is 0 Å². The third-order valence-corrected chi connectivity index (χ3v) is 4.20. The average Bonchev–Trinajstić information content (AvgIpc) is 2.29. The topological polar surface area (TPSA) is 32.5 Å². The molecule has 17 heavy (non-hydrogen) atoms. The number of nitrogens with two attached hydrogens (primary N) is 1. The van der Waals surface area contributed by atoms with Crippen LogP contribution in [0.25, 0.3) is 0 Å². The number of rotatable bonds is 6. The van der Waals surface area contributed by atoms with Crippen LogP contribution in [0.3, 0.4) is 0 Å². The van der Waals surface area contributed by atoms with E-state index in [2.05, 4.69) is 37.9 Å². The van der Waals surface area contributed by atoms with E-state index >= 15 is 0 Å². The molecule has 0 radical (unpaired) electrons. The Balaban J connectivity index is 2.32. The van der Waals surface area contributed by atoms with Crippen LogP contribution in [0.15, 0.2) is 0 Å². The second-order valence-corrected chi connectivity index (χ2v) is 6.08. The lowest BCUT2D eigenvalue weighted by atomic mass is 9.77. The summed E-state index contributed by atoms with van der Waals surface area (Å²) in [6.45, 7) is 5.77. The minimum atomic E-state index is 0.430. The van der Waals surface area contributed by atoms with Crippen LogP contribution >= 0.6 is 0 Å². The van der Waals surface area contributed by atoms with E-state index in [-0.39, 0.29) is 0 Å². The fraction of sp³-hybridized carbons (Fsp3) is 1.00. The van der Waals surface area contributed by atoms with Crippen LogP contribution < -0.4 is 5.73 Å². The Kier molecular flexibility index (Phi) is 6.45. The molecule has 3 heteroatoms. The first kappa shape index (κ1) is 14.9. The second-order valence-electron chi connectivity index (χ2n) is 6.08. The quantitative estimate of drug-likeness (QED) is 0.767. The summed E-state index contributed by atoms with van der Waals surface area (Å²) < 4.78 is 0. The zero-order valence-corrected chi connectivity index (χ0v) is 12.2. The highest BCUT2D eigenvalue weighted by molar-refractivity contribution is 4.83. The molecule has 2 N–H and O–H groups in total. The Labute approximate surface area is 107 Å². The third-order valence-electron chi connectivity index (χ3n) is 4.20. The van der Waals surface area contributed by atoms with Crippen LogP contribution in [0.1, 0.15) is 32.6 Å². The van der Waals surface area contributed by atoms with Gasteiger partial charge in [0, 0.05) is 25.7 Å². The first-order valence-corrected chi connectivity index (χ1v) is 7.11. The van der Waals surface area contributed by atoms with Gasteiger partial charge in [-0.15, -0.1) is 0 Å². The van der Waals surface area contributed by atoms with E-state index in [1.807, 2.05) is 0 Å². The number of hydrogen-bond acceptors (Lipinski definition) is 3. The van der Waals surface area contributed by atoms with Crippen LogP contribution in [0, 0.1) is 11.8 Å². The summed E-state index contributed by atoms with van der Waals surface area (Å²) in [6, 6.07) is 0.430. The lowest BCUT2D eigenvalue weighted by Crippen LogP contribution is -2.43. The van der Waals surface area contributed by atoms with Gasteiger partial charge in [-0.3, -0.25) is 0 Å². The molecular formula is C14H31N3. The predicted molar refractivity (Wildman–Crippen MR) is 75.1 cm³/mol. The minimum Gasteiger partial charge on any atom is -0.327 e. The SMILES string of the molecule is CCC1CCC(N)C(CN(C)CCN(C)C)C1. The molecule has 0 aromatic carbocycles. The van der Waals surface area contributed by atoms with Crippen molar-refractivity contribution in [1.82, 2.24) is 9.80 Å². The van der Waals surface area contributed by atoms with Crippen molar-refractivity contribution in [3.63, 3.8) is 0 Å². The Morgan fingerprint density at radius 1 is 1.12 bits per heavy atom. The molecule has 3 atom stereocenters. The van der Waals surface area contributed by atoms with E-state index in [0.29, 0.717) is 12.0 Å². The monoisotopic (exact) mass is 241 g/mol. The number of likely N-dealkylation sites (N-methyl/N-ethyl adjacent to an activating group) is 2. The molecule has 0 aromatic heterocycles. The molecule has 0 saturated heterocycles. The van der Waals surface area contributed by atoms with Crippen LogP contribution in [0.2, 0.25) is 0 Å². The fourth-order valence-electron chi connectivity index (χ4n) is 2.83. The van der Waals surface area contributed by atoms with Crippen LogP contribution in [-0.2, 0) is 0 Å². The lowest BCUT2D eigenvalue weighted by Gasteiger charge is -2.36. The second kappa shape index (κ2) is 7.34. The van der Waals surface area contributed by atoms with Gasteiger partial charge in [0.15, 0.2) is 0 Å². The summed E-state index contributed by atoms with van der Waals surface area (Å²) in [5.41, 5.74) is 6.26. The van der Waals surface area contributed by atoms with Gasteiger partial charge in [-0.1, -0.05) is 13.3 Å². The maximum Gasteiger partial charge on any atom is 0.0106 e. The van der Waals surface area contributed by atoms with Gasteiger partial charge in [-0.05, 0) is 52.2 Å². The molecule has 0 bridgehead atoms. The van der Waals surface area contributed by atoms with Gasteiger partial charge < -0.3 is 15.5 Å².